The monoisotopic (exact) mass is 140 g/mol. The molecule has 0 fully saturated rings. The van der Waals surface area contributed by atoms with Crippen molar-refractivity contribution >= 4 is 12.2 Å². The zero-order valence-corrected chi connectivity index (χ0v) is 5.24. The molecule has 0 aliphatic carbocycles. The minimum Gasteiger partial charge on any atom is -0.366 e. The predicted octanol–water partition coefficient (Wildman–Crippen LogP) is -1.73. The quantitative estimate of drug-likeness (QED) is 0.404. The van der Waals surface area contributed by atoms with E-state index in [0.29, 0.717) is 0 Å². The lowest BCUT2D eigenvalue weighted by atomic mass is 10.1. The first kappa shape index (κ1) is 6.76. The molecular formula is C5H8N4O. The van der Waals surface area contributed by atoms with E-state index in [9.17, 15) is 4.79 Å². The minimum absolute atomic E-state index is 0.665. The van der Waals surface area contributed by atoms with E-state index in [1.54, 1.807) is 0 Å². The molecule has 0 saturated heterocycles. The van der Waals surface area contributed by atoms with Crippen molar-refractivity contribution in [3.8, 4) is 0 Å². The zero-order valence-electron chi connectivity index (χ0n) is 5.24. The number of amides is 1. The van der Waals surface area contributed by atoms with Crippen LogP contribution in [0.3, 0.4) is 0 Å². The molecule has 5 N–H and O–H groups in total. The van der Waals surface area contributed by atoms with Crippen LogP contribution in [-0.2, 0) is 4.79 Å². The molecule has 0 aromatic heterocycles. The van der Waals surface area contributed by atoms with E-state index < -0.39 is 11.6 Å². The Balaban J connectivity index is 2.85. The number of hydrogen-bond donors (Lipinski definition) is 3. The lowest BCUT2D eigenvalue weighted by molar-refractivity contribution is -0.121. The maximum Gasteiger partial charge on any atom is 0.264 e. The third kappa shape index (κ3) is 0.985. The molecule has 1 amide bonds. The number of carbonyl (C=O) groups excluding carboxylic acids is 1. The van der Waals surface area contributed by atoms with Crippen molar-refractivity contribution < 1.29 is 4.79 Å². The Morgan fingerprint density at radius 3 is 2.70 bits per heavy atom. The van der Waals surface area contributed by atoms with E-state index in [2.05, 4.69) is 10.3 Å². The summed E-state index contributed by atoms with van der Waals surface area (Å²) in [5.41, 5.74) is 8.99. The number of carbonyl (C=O) groups is 1. The van der Waals surface area contributed by atoms with Gasteiger partial charge in [-0.15, -0.1) is 0 Å². The van der Waals surface area contributed by atoms with Gasteiger partial charge in [0.25, 0.3) is 5.91 Å². The normalized spacial score (nSPS) is 29.7. The van der Waals surface area contributed by atoms with Crippen LogP contribution >= 0.6 is 0 Å². The largest absolute Gasteiger partial charge is 0.366 e. The van der Waals surface area contributed by atoms with Crippen LogP contribution in [0.5, 0.6) is 0 Å². The first-order valence-electron chi connectivity index (χ1n) is 2.71. The second kappa shape index (κ2) is 2.11. The minimum atomic E-state index is -1.36. The Hall–Kier alpha value is -1.36. The third-order valence-electron chi connectivity index (χ3n) is 1.18. The molecule has 5 nitrogen and oxygen atoms in total. The van der Waals surface area contributed by atoms with Gasteiger partial charge < -0.3 is 11.1 Å². The highest BCUT2D eigenvalue weighted by Crippen LogP contribution is 2.04. The molecular weight excluding hydrogens is 132 g/mol. The summed E-state index contributed by atoms with van der Waals surface area (Å²) in [4.78, 5) is 14.2. The molecule has 10 heavy (non-hydrogen) atoms. The Kier molecular flexibility index (Phi) is 1.42. The van der Waals surface area contributed by atoms with Crippen molar-refractivity contribution in [2.45, 2.75) is 5.66 Å². The summed E-state index contributed by atoms with van der Waals surface area (Å²) >= 11 is 0. The van der Waals surface area contributed by atoms with Gasteiger partial charge in [0.15, 0.2) is 0 Å². The molecule has 1 rings (SSSR count). The average molecular weight is 140 g/mol. The average Bonchev–Trinajstić information content (AvgIpc) is 1.89. The van der Waals surface area contributed by atoms with Crippen molar-refractivity contribution in [1.82, 2.24) is 5.32 Å². The summed E-state index contributed by atoms with van der Waals surface area (Å²) in [6.45, 7) is 0. The van der Waals surface area contributed by atoms with Crippen LogP contribution in [-0.4, -0.2) is 17.9 Å². The lowest BCUT2D eigenvalue weighted by Gasteiger charge is -2.18. The first-order chi connectivity index (χ1) is 4.65. The summed E-state index contributed by atoms with van der Waals surface area (Å²) < 4.78 is 0. The van der Waals surface area contributed by atoms with E-state index in [-0.39, 0.29) is 0 Å². The molecule has 0 radical (unpaired) electrons. The summed E-state index contributed by atoms with van der Waals surface area (Å²) in [6.07, 6.45) is 4.23. The van der Waals surface area contributed by atoms with Gasteiger partial charge in [-0.05, 0) is 6.08 Å². The van der Waals surface area contributed by atoms with E-state index >= 15 is 0 Å². The van der Waals surface area contributed by atoms with Gasteiger partial charge in [-0.2, -0.15) is 0 Å². The highest BCUT2D eigenvalue weighted by molar-refractivity contribution is 5.88. The Bertz CT molecular complexity index is 196. The Labute approximate surface area is 57.8 Å². The van der Waals surface area contributed by atoms with Crippen molar-refractivity contribution in [2.24, 2.45) is 16.5 Å². The van der Waals surface area contributed by atoms with Gasteiger partial charge in [0.1, 0.15) is 0 Å². The standard InChI is InChI=1S/C5H8N4O/c6-4(10)5(7)1-2-8-3-9-5/h1-3H,7H2,(H2,6,10)(H,8,9). The van der Waals surface area contributed by atoms with Gasteiger partial charge in [-0.3, -0.25) is 10.5 Å². The number of nitrogens with two attached hydrogens (primary N) is 2. The molecule has 0 saturated carbocycles. The maximum atomic E-state index is 10.6. The second-order valence-electron chi connectivity index (χ2n) is 1.95. The summed E-state index contributed by atoms with van der Waals surface area (Å²) in [6, 6.07) is 0. The highest BCUT2D eigenvalue weighted by Gasteiger charge is 2.28. The predicted molar refractivity (Wildman–Crippen MR) is 36.9 cm³/mol. The number of hydrogen-bond acceptors (Lipinski definition) is 4. The zero-order chi connectivity index (χ0) is 7.61. The highest BCUT2D eigenvalue weighted by atomic mass is 16.1. The Morgan fingerprint density at radius 2 is 2.40 bits per heavy atom. The molecule has 1 atom stereocenters. The van der Waals surface area contributed by atoms with Gasteiger partial charge in [0.2, 0.25) is 5.66 Å². The molecule has 0 aromatic carbocycles. The van der Waals surface area contributed by atoms with Crippen molar-refractivity contribution in [3.63, 3.8) is 0 Å². The van der Waals surface area contributed by atoms with Gasteiger partial charge in [0, 0.05) is 6.20 Å². The fraction of sp³-hybridized carbons (Fsp3) is 0.200. The number of nitrogens with one attached hydrogen (secondary N) is 1. The van der Waals surface area contributed by atoms with Crippen molar-refractivity contribution in [3.05, 3.63) is 12.3 Å². The van der Waals surface area contributed by atoms with Crippen LogP contribution in [0.15, 0.2) is 17.3 Å². The molecule has 0 spiro atoms. The molecule has 5 heteroatoms. The van der Waals surface area contributed by atoms with E-state index in [1.807, 2.05) is 0 Å². The number of rotatable bonds is 1. The molecule has 1 unspecified atom stereocenters. The van der Waals surface area contributed by atoms with Gasteiger partial charge >= 0.3 is 0 Å². The SMILES string of the molecule is NC(=O)C1(N)C=CNC=N1. The van der Waals surface area contributed by atoms with Crippen LogP contribution in [0.1, 0.15) is 0 Å². The van der Waals surface area contributed by atoms with Crippen molar-refractivity contribution in [1.29, 1.82) is 0 Å². The van der Waals surface area contributed by atoms with Crippen LogP contribution in [0.2, 0.25) is 0 Å². The Morgan fingerprint density at radius 1 is 1.70 bits per heavy atom. The number of aliphatic imine (C=N–C) groups is 1. The fourth-order valence-electron chi connectivity index (χ4n) is 0.551. The van der Waals surface area contributed by atoms with Crippen molar-refractivity contribution in [2.75, 3.05) is 0 Å². The van der Waals surface area contributed by atoms with Crippen LogP contribution < -0.4 is 16.8 Å². The molecule has 1 aliphatic heterocycles. The molecule has 1 aliphatic rings. The van der Waals surface area contributed by atoms with Crippen LogP contribution in [0, 0.1) is 0 Å². The second-order valence-corrected chi connectivity index (χ2v) is 1.95. The van der Waals surface area contributed by atoms with Gasteiger partial charge in [0.05, 0.1) is 6.34 Å². The third-order valence-corrected chi connectivity index (χ3v) is 1.18. The molecule has 54 valence electrons. The van der Waals surface area contributed by atoms with E-state index in [1.165, 1.54) is 18.6 Å². The van der Waals surface area contributed by atoms with Crippen LogP contribution in [0.4, 0.5) is 0 Å². The first-order valence-corrected chi connectivity index (χ1v) is 2.71. The topological polar surface area (TPSA) is 93.5 Å². The number of nitrogens with zero attached hydrogens (tertiary/aromatic N) is 1. The summed E-state index contributed by atoms with van der Waals surface area (Å²) in [7, 11) is 0. The molecule has 0 bridgehead atoms. The maximum absolute atomic E-state index is 10.6. The summed E-state index contributed by atoms with van der Waals surface area (Å²) in [5, 5.41) is 2.63. The number of primary amides is 1. The summed E-state index contributed by atoms with van der Waals surface area (Å²) in [5.74, 6) is -0.665. The van der Waals surface area contributed by atoms with Crippen LogP contribution in [0.25, 0.3) is 0 Å². The molecule has 0 aromatic rings. The van der Waals surface area contributed by atoms with E-state index in [0.717, 1.165) is 0 Å². The smallest absolute Gasteiger partial charge is 0.264 e. The lowest BCUT2D eigenvalue weighted by Crippen LogP contribution is -2.50. The van der Waals surface area contributed by atoms with E-state index in [4.69, 9.17) is 11.5 Å². The fourth-order valence-corrected chi connectivity index (χ4v) is 0.551. The van der Waals surface area contributed by atoms with Gasteiger partial charge in [-0.1, -0.05) is 0 Å². The molecule has 1 heterocycles. The van der Waals surface area contributed by atoms with Gasteiger partial charge in [-0.25, -0.2) is 4.99 Å².